The number of hydrogen-bond acceptors (Lipinski definition) is 15. The summed E-state index contributed by atoms with van der Waals surface area (Å²) in [6.45, 7) is 8.65. The molecular weight excluding hydrogens is 1080 g/mol. The average molecular weight is 1180 g/mol. The van der Waals surface area contributed by atoms with Crippen LogP contribution in [0.5, 0.6) is 51.7 Å². The Morgan fingerprint density at radius 2 is 0.765 bits per heavy atom. The first-order valence-corrected chi connectivity index (χ1v) is 31.9. The molecule has 1 heterocycles. The third kappa shape index (κ3) is 27.7. The summed E-state index contributed by atoms with van der Waals surface area (Å²) in [7, 11) is 0. The van der Waals surface area contributed by atoms with Gasteiger partial charge >= 0.3 is 29.8 Å². The lowest BCUT2D eigenvalue weighted by atomic mass is 9.93. The number of rotatable bonds is 43. The number of phenols is 4. The number of ether oxygens (including phenoxy) is 6. The molecule has 0 fully saturated rings. The molecule has 3 aromatic rings. The topological polar surface area (TPSA) is 222 Å². The van der Waals surface area contributed by atoms with Crippen LogP contribution < -0.4 is 23.7 Å². The van der Waals surface area contributed by atoms with E-state index in [0.717, 1.165) is 121 Å². The van der Waals surface area contributed by atoms with Crippen LogP contribution in [0.2, 0.25) is 0 Å². The van der Waals surface area contributed by atoms with Crippen LogP contribution in [0.3, 0.4) is 0 Å². The van der Waals surface area contributed by atoms with Gasteiger partial charge in [-0.3, -0.25) is 19.2 Å². The van der Waals surface area contributed by atoms with E-state index in [1.165, 1.54) is 43.9 Å². The molecule has 468 valence electrons. The molecule has 4 N–H and O–H groups in total. The van der Waals surface area contributed by atoms with Crippen molar-refractivity contribution >= 4 is 29.8 Å². The van der Waals surface area contributed by atoms with E-state index in [0.29, 0.717) is 51.4 Å². The molecule has 1 aliphatic heterocycles. The predicted octanol–water partition coefficient (Wildman–Crippen LogP) is 17.8. The molecule has 0 aliphatic carbocycles. The largest absolute Gasteiger partial charge is 0.508 e. The number of phenolic OH excluding ortho intramolecular Hbond substituents is 4. The van der Waals surface area contributed by atoms with Crippen molar-refractivity contribution < 1.29 is 72.8 Å². The summed E-state index contributed by atoms with van der Waals surface area (Å²) >= 11 is 0. The molecule has 4 rings (SSSR count). The lowest BCUT2D eigenvalue weighted by molar-refractivity contribution is -0.136. The second-order valence-corrected chi connectivity index (χ2v) is 22.1. The molecule has 2 unspecified atom stereocenters. The van der Waals surface area contributed by atoms with Crippen molar-refractivity contribution in [1.29, 1.82) is 0 Å². The van der Waals surface area contributed by atoms with Crippen molar-refractivity contribution in [2.45, 2.75) is 252 Å². The summed E-state index contributed by atoms with van der Waals surface area (Å²) in [5, 5.41) is 44.8. The Morgan fingerprint density at radius 3 is 1.11 bits per heavy atom. The number of fused-ring (bicyclic) bond motifs is 1. The monoisotopic (exact) mass is 1180 g/mol. The molecule has 2 atom stereocenters. The van der Waals surface area contributed by atoms with Gasteiger partial charge in [0.05, 0.1) is 5.56 Å². The summed E-state index contributed by atoms with van der Waals surface area (Å²) in [4.78, 5) is 68.2. The molecule has 0 bridgehead atoms. The fraction of sp³-hybridized carbons (Fsp3) is 0.557. The van der Waals surface area contributed by atoms with Gasteiger partial charge in [0, 0.05) is 55.4 Å². The van der Waals surface area contributed by atoms with Crippen LogP contribution in [0.15, 0.2) is 85.0 Å². The Kier molecular flexibility index (Phi) is 34.7. The first kappa shape index (κ1) is 70.5. The summed E-state index contributed by atoms with van der Waals surface area (Å²) in [6, 6.07) is 7.15. The van der Waals surface area contributed by atoms with Crippen LogP contribution in [0, 0.1) is 0 Å². The number of unbranched alkanes of at least 4 members (excludes halogenated alkanes) is 20. The number of hydrogen-bond donors (Lipinski definition) is 4. The smallest absolute Gasteiger partial charge is 0.338 e. The maximum Gasteiger partial charge on any atom is 0.338 e. The summed E-state index contributed by atoms with van der Waals surface area (Å²) in [6.07, 6.45) is 39.9. The van der Waals surface area contributed by atoms with Crippen LogP contribution >= 0.6 is 0 Å². The maximum absolute atomic E-state index is 14.6. The van der Waals surface area contributed by atoms with Gasteiger partial charge in [0.15, 0.2) is 29.1 Å². The van der Waals surface area contributed by atoms with E-state index >= 15 is 0 Å². The van der Waals surface area contributed by atoms with Crippen LogP contribution in [-0.4, -0.2) is 56.4 Å². The molecule has 0 spiro atoms. The Labute approximate surface area is 505 Å². The summed E-state index contributed by atoms with van der Waals surface area (Å²) in [5.74, 6) is -7.50. The number of benzene rings is 3. The minimum Gasteiger partial charge on any atom is -0.508 e. The van der Waals surface area contributed by atoms with Gasteiger partial charge in [-0.1, -0.05) is 153 Å². The highest BCUT2D eigenvalue weighted by Crippen LogP contribution is 2.47. The molecule has 15 heteroatoms. The zero-order valence-corrected chi connectivity index (χ0v) is 51.4. The van der Waals surface area contributed by atoms with Gasteiger partial charge in [-0.15, -0.1) is 0 Å². The molecular formula is C70H98O15. The summed E-state index contributed by atoms with van der Waals surface area (Å²) < 4.78 is 35.5. The second-order valence-electron chi connectivity index (χ2n) is 22.1. The standard InChI is InChI=1S/C70H98O15/c1-5-9-13-17-21-25-29-33-37-41-63(73)80-58-45-52(46-59(67(58)77)81-64(74)42-38-34-30-26-22-18-14-10-6-2)69-62(51-55-56(72)49-54(71)50-57(55)84-69)85-70(79)53-47-60(82-65(75)43-39-35-31-27-23-19-15-11-7-3)68(78)61(48-53)83-66(76)44-40-36-32-28-24-20-16-12-8-4/h25-32,45-50,62,69,71-72,77-78H,5-24,33-44,51H2,1-4H3/b29-25+,30-26+,31-27+,32-28+. The van der Waals surface area contributed by atoms with E-state index in [9.17, 15) is 44.4 Å². The highest BCUT2D eigenvalue weighted by atomic mass is 16.6. The molecule has 85 heavy (non-hydrogen) atoms. The Hall–Kier alpha value is -7.03. The number of esters is 5. The second kappa shape index (κ2) is 41.9. The maximum atomic E-state index is 14.6. The van der Waals surface area contributed by atoms with Gasteiger partial charge < -0.3 is 48.8 Å². The molecule has 0 aromatic heterocycles. The van der Waals surface area contributed by atoms with Crippen molar-refractivity contribution in [2.75, 3.05) is 0 Å². The Balaban J connectivity index is 1.67. The predicted molar refractivity (Wildman–Crippen MR) is 332 cm³/mol. The Morgan fingerprint density at radius 1 is 0.435 bits per heavy atom. The van der Waals surface area contributed by atoms with Crippen molar-refractivity contribution in [1.82, 2.24) is 0 Å². The molecule has 0 amide bonds. The van der Waals surface area contributed by atoms with E-state index in [4.69, 9.17) is 28.4 Å². The first-order chi connectivity index (χ1) is 41.3. The van der Waals surface area contributed by atoms with Crippen molar-refractivity contribution in [2.24, 2.45) is 0 Å². The van der Waals surface area contributed by atoms with Crippen molar-refractivity contribution in [3.05, 3.63) is 102 Å². The fourth-order valence-electron chi connectivity index (χ4n) is 9.67. The van der Waals surface area contributed by atoms with E-state index in [1.807, 2.05) is 24.3 Å². The molecule has 15 nitrogen and oxygen atoms in total. The minimum atomic E-state index is -1.36. The number of aromatic hydroxyl groups is 4. The molecule has 3 aromatic carbocycles. The third-order valence-corrected chi connectivity index (χ3v) is 14.6. The normalized spacial score (nSPS) is 14.0. The van der Waals surface area contributed by atoms with Gasteiger partial charge in [-0.05, 0) is 127 Å². The number of carbonyl (C=O) groups excluding carboxylic acids is 5. The minimum absolute atomic E-state index is 0.00833. The van der Waals surface area contributed by atoms with Gasteiger partial charge in [0.1, 0.15) is 23.4 Å². The van der Waals surface area contributed by atoms with Crippen LogP contribution in [0.1, 0.15) is 261 Å². The van der Waals surface area contributed by atoms with Gasteiger partial charge in [-0.2, -0.15) is 0 Å². The molecule has 0 saturated carbocycles. The lowest BCUT2D eigenvalue weighted by Gasteiger charge is -2.34. The fourth-order valence-corrected chi connectivity index (χ4v) is 9.67. The summed E-state index contributed by atoms with van der Waals surface area (Å²) in [5.41, 5.74) is -0.0478. The Bertz CT molecular complexity index is 2500. The van der Waals surface area contributed by atoms with Crippen LogP contribution in [0.25, 0.3) is 0 Å². The SMILES string of the molecule is CCCCCC/C=C/CCCC(=O)Oc1cc(C(=O)OC2Cc3c(O)cc(O)cc3OC2c2cc(OC(=O)CCC/C=C/CCCCCC)c(O)c(OC(=O)CCC/C=C/CCCCCC)c2)cc(OC(=O)CCC/C=C/CCCCCC)c1O. The van der Waals surface area contributed by atoms with Crippen molar-refractivity contribution in [3.63, 3.8) is 0 Å². The van der Waals surface area contributed by atoms with E-state index in [2.05, 4.69) is 52.0 Å². The zero-order chi connectivity index (χ0) is 61.4. The number of carbonyl (C=O) groups is 5. The highest BCUT2D eigenvalue weighted by Gasteiger charge is 2.38. The van der Waals surface area contributed by atoms with E-state index < -0.39 is 65.1 Å². The molecule has 0 radical (unpaired) electrons. The zero-order valence-electron chi connectivity index (χ0n) is 51.4. The molecule has 0 saturated heterocycles. The van der Waals surface area contributed by atoms with Gasteiger partial charge in [-0.25, -0.2) is 4.79 Å². The average Bonchev–Trinajstić information content (AvgIpc) is 3.21. The molecule has 1 aliphatic rings. The van der Waals surface area contributed by atoms with Gasteiger partial charge in [0.25, 0.3) is 0 Å². The van der Waals surface area contributed by atoms with E-state index in [-0.39, 0.29) is 77.5 Å². The highest BCUT2D eigenvalue weighted by molar-refractivity contribution is 5.92. The third-order valence-electron chi connectivity index (χ3n) is 14.6. The van der Waals surface area contributed by atoms with Gasteiger partial charge in [0.2, 0.25) is 11.5 Å². The van der Waals surface area contributed by atoms with Crippen LogP contribution in [0.4, 0.5) is 0 Å². The number of allylic oxidation sites excluding steroid dienone is 8. The van der Waals surface area contributed by atoms with Crippen LogP contribution in [-0.2, 0) is 30.3 Å². The quantitative estimate of drug-likeness (QED) is 0.0179. The van der Waals surface area contributed by atoms with E-state index in [1.54, 1.807) is 0 Å². The lowest BCUT2D eigenvalue weighted by Crippen LogP contribution is -2.35. The first-order valence-electron chi connectivity index (χ1n) is 31.9. The van der Waals surface area contributed by atoms with Crippen molar-refractivity contribution in [3.8, 4) is 51.7 Å².